The fraction of sp³-hybridized carbons (Fsp3) is 0.316. The summed E-state index contributed by atoms with van der Waals surface area (Å²) in [5.74, 6) is -0.0817. The highest BCUT2D eigenvalue weighted by molar-refractivity contribution is 6.30. The highest BCUT2D eigenvalue weighted by atomic mass is 35.5. The summed E-state index contributed by atoms with van der Waals surface area (Å²) in [6, 6.07) is 12.2. The van der Waals surface area contributed by atoms with Crippen molar-refractivity contribution in [3.05, 3.63) is 68.7 Å². The van der Waals surface area contributed by atoms with E-state index >= 15 is 0 Å². The molecule has 2 aromatic carbocycles. The van der Waals surface area contributed by atoms with Crippen molar-refractivity contribution >= 4 is 28.9 Å². The van der Waals surface area contributed by atoms with E-state index in [1.54, 1.807) is 23.1 Å². The maximum Gasteiger partial charge on any atom is 0.273 e. The lowest BCUT2D eigenvalue weighted by molar-refractivity contribution is -0.385. The summed E-state index contributed by atoms with van der Waals surface area (Å²) in [5.41, 5.74) is 2.68. The van der Waals surface area contributed by atoms with Gasteiger partial charge in [0.05, 0.1) is 11.3 Å². The summed E-state index contributed by atoms with van der Waals surface area (Å²) >= 11 is 6.10. The third-order valence-electron chi connectivity index (χ3n) is 4.67. The zero-order valence-corrected chi connectivity index (χ0v) is 15.3. The smallest absolute Gasteiger partial charge is 0.273 e. The Bertz CT molecular complexity index is 833. The van der Waals surface area contributed by atoms with Crippen LogP contribution in [-0.2, 0) is 11.2 Å². The number of nitrogens with zero attached hydrogens (tertiary/aromatic N) is 3. The molecule has 7 heteroatoms. The molecule has 136 valence electrons. The standard InChI is InChI=1S/C19H20ClN3O3/c1-14-6-7-16(20)13-18(14)21-8-10-22(11-9-21)19(24)12-15-4-2-3-5-17(15)23(25)26/h2-7,13H,8-12H2,1H3. The van der Waals surface area contributed by atoms with Crippen LogP contribution in [0.3, 0.4) is 0 Å². The predicted octanol–water partition coefficient (Wildman–Crippen LogP) is 3.45. The van der Waals surface area contributed by atoms with Crippen molar-refractivity contribution in [1.29, 1.82) is 0 Å². The van der Waals surface area contributed by atoms with Crippen LogP contribution in [0, 0.1) is 17.0 Å². The van der Waals surface area contributed by atoms with Gasteiger partial charge in [0.1, 0.15) is 0 Å². The molecular weight excluding hydrogens is 354 g/mol. The minimum Gasteiger partial charge on any atom is -0.368 e. The number of anilines is 1. The van der Waals surface area contributed by atoms with Crippen LogP contribution in [0.2, 0.25) is 5.02 Å². The van der Waals surface area contributed by atoms with Crippen molar-refractivity contribution in [2.45, 2.75) is 13.3 Å². The van der Waals surface area contributed by atoms with E-state index in [2.05, 4.69) is 4.90 Å². The topological polar surface area (TPSA) is 66.7 Å². The third kappa shape index (κ3) is 3.96. The Kier molecular flexibility index (Phi) is 5.42. The molecule has 26 heavy (non-hydrogen) atoms. The molecule has 3 rings (SSSR count). The van der Waals surface area contributed by atoms with Gasteiger partial charge in [-0.25, -0.2) is 0 Å². The normalized spacial score (nSPS) is 14.4. The van der Waals surface area contributed by atoms with Gasteiger partial charge in [0.25, 0.3) is 5.69 Å². The largest absolute Gasteiger partial charge is 0.368 e. The monoisotopic (exact) mass is 373 g/mol. The van der Waals surface area contributed by atoms with Gasteiger partial charge >= 0.3 is 0 Å². The van der Waals surface area contributed by atoms with Crippen molar-refractivity contribution in [1.82, 2.24) is 4.90 Å². The van der Waals surface area contributed by atoms with Crippen molar-refractivity contribution < 1.29 is 9.72 Å². The molecule has 0 spiro atoms. The van der Waals surface area contributed by atoms with E-state index in [1.807, 2.05) is 25.1 Å². The summed E-state index contributed by atoms with van der Waals surface area (Å²) < 4.78 is 0. The molecule has 0 saturated carbocycles. The van der Waals surface area contributed by atoms with Gasteiger partial charge in [0.15, 0.2) is 0 Å². The minimum absolute atomic E-state index is 0.00552. The number of amides is 1. The first kappa shape index (κ1) is 18.2. The third-order valence-corrected chi connectivity index (χ3v) is 4.91. The minimum atomic E-state index is -0.442. The molecule has 1 amide bonds. The fourth-order valence-electron chi connectivity index (χ4n) is 3.23. The molecule has 2 aromatic rings. The van der Waals surface area contributed by atoms with Gasteiger partial charge < -0.3 is 9.80 Å². The second-order valence-corrected chi connectivity index (χ2v) is 6.80. The maximum atomic E-state index is 12.6. The first-order valence-corrected chi connectivity index (χ1v) is 8.84. The number of benzene rings is 2. The number of carbonyl (C=O) groups excluding carboxylic acids is 1. The molecule has 1 aliphatic heterocycles. The SMILES string of the molecule is Cc1ccc(Cl)cc1N1CCN(C(=O)Cc2ccccc2[N+](=O)[O-])CC1. The van der Waals surface area contributed by atoms with E-state index in [9.17, 15) is 14.9 Å². The molecule has 1 heterocycles. The Balaban J connectivity index is 1.64. The van der Waals surface area contributed by atoms with Crippen LogP contribution in [0.4, 0.5) is 11.4 Å². The van der Waals surface area contributed by atoms with Crippen molar-refractivity contribution in [2.75, 3.05) is 31.1 Å². The molecule has 0 radical (unpaired) electrons. The average Bonchev–Trinajstić information content (AvgIpc) is 2.64. The van der Waals surface area contributed by atoms with Crippen LogP contribution in [0.1, 0.15) is 11.1 Å². The Labute approximate surface area is 157 Å². The van der Waals surface area contributed by atoms with E-state index in [-0.39, 0.29) is 18.0 Å². The Hall–Kier alpha value is -2.60. The quantitative estimate of drug-likeness (QED) is 0.608. The lowest BCUT2D eigenvalue weighted by Gasteiger charge is -2.37. The van der Waals surface area contributed by atoms with Crippen LogP contribution < -0.4 is 4.90 Å². The van der Waals surface area contributed by atoms with Crippen molar-refractivity contribution in [3.8, 4) is 0 Å². The first-order valence-electron chi connectivity index (χ1n) is 8.47. The van der Waals surface area contributed by atoms with Crippen LogP contribution in [-0.4, -0.2) is 41.9 Å². The van der Waals surface area contributed by atoms with Crippen LogP contribution in [0.5, 0.6) is 0 Å². The molecule has 0 bridgehead atoms. The number of halogens is 1. The van der Waals surface area contributed by atoms with Gasteiger partial charge in [-0.1, -0.05) is 35.9 Å². The number of piperazine rings is 1. The predicted molar refractivity (Wildman–Crippen MR) is 102 cm³/mol. The number of aryl methyl sites for hydroxylation is 1. The van der Waals surface area contributed by atoms with Gasteiger partial charge in [-0.05, 0) is 24.6 Å². The van der Waals surface area contributed by atoms with Gasteiger partial charge in [-0.2, -0.15) is 0 Å². The van der Waals surface area contributed by atoms with Crippen LogP contribution >= 0.6 is 11.6 Å². The lowest BCUT2D eigenvalue weighted by atomic mass is 10.1. The Morgan fingerprint density at radius 1 is 1.15 bits per heavy atom. The zero-order chi connectivity index (χ0) is 18.7. The molecule has 0 aliphatic carbocycles. The number of hydrogen-bond acceptors (Lipinski definition) is 4. The second kappa shape index (κ2) is 7.74. The van der Waals surface area contributed by atoms with Gasteiger partial charge in [0.2, 0.25) is 5.91 Å². The fourth-order valence-corrected chi connectivity index (χ4v) is 3.40. The molecule has 6 nitrogen and oxygen atoms in total. The second-order valence-electron chi connectivity index (χ2n) is 6.36. The summed E-state index contributed by atoms with van der Waals surface area (Å²) in [5, 5.41) is 11.8. The molecule has 0 N–H and O–H groups in total. The van der Waals surface area contributed by atoms with E-state index in [1.165, 1.54) is 6.07 Å². The molecular formula is C19H20ClN3O3. The van der Waals surface area contributed by atoms with Gasteiger partial charge in [0, 0.05) is 48.5 Å². The molecule has 1 saturated heterocycles. The van der Waals surface area contributed by atoms with E-state index in [4.69, 9.17) is 11.6 Å². The number of nitro groups is 1. The highest BCUT2D eigenvalue weighted by Crippen LogP contribution is 2.26. The first-order chi connectivity index (χ1) is 12.5. The van der Waals surface area contributed by atoms with Gasteiger partial charge in [-0.3, -0.25) is 14.9 Å². The van der Waals surface area contributed by atoms with E-state index in [0.717, 1.165) is 11.3 Å². The molecule has 0 aromatic heterocycles. The summed E-state index contributed by atoms with van der Waals surface area (Å²) in [6.07, 6.45) is 0.0490. The van der Waals surface area contributed by atoms with Crippen molar-refractivity contribution in [3.63, 3.8) is 0 Å². The van der Waals surface area contributed by atoms with Crippen LogP contribution in [0.15, 0.2) is 42.5 Å². The molecule has 0 unspecified atom stereocenters. The number of hydrogen-bond donors (Lipinski definition) is 0. The number of para-hydroxylation sites is 1. The molecule has 1 fully saturated rings. The molecule has 0 atom stereocenters. The number of nitro benzene ring substituents is 1. The average molecular weight is 374 g/mol. The zero-order valence-electron chi connectivity index (χ0n) is 14.5. The van der Waals surface area contributed by atoms with Crippen LogP contribution in [0.25, 0.3) is 0 Å². The Morgan fingerprint density at radius 2 is 1.85 bits per heavy atom. The summed E-state index contributed by atoms with van der Waals surface area (Å²) in [7, 11) is 0. The van der Waals surface area contributed by atoms with E-state index < -0.39 is 4.92 Å². The summed E-state index contributed by atoms with van der Waals surface area (Å²) in [6.45, 7) is 4.64. The number of rotatable bonds is 4. The number of carbonyl (C=O) groups is 1. The van der Waals surface area contributed by atoms with E-state index in [0.29, 0.717) is 36.8 Å². The maximum absolute atomic E-state index is 12.6. The lowest BCUT2D eigenvalue weighted by Crippen LogP contribution is -2.49. The van der Waals surface area contributed by atoms with Crippen molar-refractivity contribution in [2.24, 2.45) is 0 Å². The molecule has 1 aliphatic rings. The van der Waals surface area contributed by atoms with Gasteiger partial charge in [-0.15, -0.1) is 0 Å². The summed E-state index contributed by atoms with van der Waals surface area (Å²) in [4.78, 5) is 27.2. The Morgan fingerprint density at radius 3 is 2.54 bits per heavy atom. The highest BCUT2D eigenvalue weighted by Gasteiger charge is 2.24.